The van der Waals surface area contributed by atoms with E-state index < -0.39 is 4.92 Å². The summed E-state index contributed by atoms with van der Waals surface area (Å²) < 4.78 is 0. The summed E-state index contributed by atoms with van der Waals surface area (Å²) >= 11 is 5.39. The third kappa shape index (κ3) is 1.56. The minimum atomic E-state index is -0.616. The molecule has 0 unspecified atom stereocenters. The highest BCUT2D eigenvalue weighted by Gasteiger charge is 2.12. The predicted octanol–water partition coefficient (Wildman–Crippen LogP) is 1.23. The van der Waals surface area contributed by atoms with Crippen molar-refractivity contribution in [2.24, 2.45) is 0 Å². The monoisotopic (exact) mass is 173 g/mol. The van der Waals surface area contributed by atoms with Crippen LogP contribution >= 0.6 is 11.6 Å². The van der Waals surface area contributed by atoms with Gasteiger partial charge < -0.3 is 5.73 Å². The highest BCUT2D eigenvalue weighted by molar-refractivity contribution is 6.31. The SMILES string of the molecule is Nc1ccc([N+](=O)[O-])c(Cl)n1. The average molecular weight is 174 g/mol. The van der Waals surface area contributed by atoms with Crippen LogP contribution in [-0.2, 0) is 0 Å². The van der Waals surface area contributed by atoms with Crippen molar-refractivity contribution in [2.75, 3.05) is 5.73 Å². The molecule has 0 atom stereocenters. The van der Waals surface area contributed by atoms with Crippen LogP contribution in [0.3, 0.4) is 0 Å². The molecule has 0 aliphatic rings. The van der Waals surface area contributed by atoms with Gasteiger partial charge in [-0.15, -0.1) is 0 Å². The van der Waals surface area contributed by atoms with Crippen LogP contribution < -0.4 is 5.73 Å². The zero-order chi connectivity index (χ0) is 8.43. The average Bonchev–Trinajstić information content (AvgIpc) is 1.85. The van der Waals surface area contributed by atoms with Crippen LogP contribution in [0.4, 0.5) is 11.5 Å². The van der Waals surface area contributed by atoms with Gasteiger partial charge in [-0.2, -0.15) is 0 Å². The number of hydrogen-bond acceptors (Lipinski definition) is 4. The second-order valence-electron chi connectivity index (χ2n) is 1.80. The van der Waals surface area contributed by atoms with Crippen molar-refractivity contribution in [3.05, 3.63) is 27.4 Å². The van der Waals surface area contributed by atoms with Crippen molar-refractivity contribution >= 4 is 23.1 Å². The smallest absolute Gasteiger partial charge is 0.306 e. The molecule has 5 nitrogen and oxygen atoms in total. The Labute approximate surface area is 66.9 Å². The number of hydrogen-bond donors (Lipinski definition) is 1. The minimum Gasteiger partial charge on any atom is -0.384 e. The van der Waals surface area contributed by atoms with E-state index in [0.717, 1.165) is 0 Å². The molecular formula is C5H4ClN3O2. The van der Waals surface area contributed by atoms with Crippen LogP contribution in [0.15, 0.2) is 12.1 Å². The zero-order valence-corrected chi connectivity index (χ0v) is 6.08. The summed E-state index contributed by atoms with van der Waals surface area (Å²) in [7, 11) is 0. The first-order valence-corrected chi connectivity index (χ1v) is 3.05. The molecule has 0 amide bonds. The molecule has 0 saturated heterocycles. The number of rotatable bonds is 1. The van der Waals surface area contributed by atoms with Crippen molar-refractivity contribution in [1.29, 1.82) is 0 Å². The Kier molecular flexibility index (Phi) is 1.91. The first-order chi connectivity index (χ1) is 5.11. The molecule has 2 N–H and O–H groups in total. The molecular weight excluding hydrogens is 170 g/mol. The van der Waals surface area contributed by atoms with Crippen LogP contribution in [-0.4, -0.2) is 9.91 Å². The fourth-order valence-corrected chi connectivity index (χ4v) is 0.807. The summed E-state index contributed by atoms with van der Waals surface area (Å²) in [5.41, 5.74) is 4.97. The molecule has 0 bridgehead atoms. The Morgan fingerprint density at radius 1 is 1.64 bits per heavy atom. The van der Waals surface area contributed by atoms with Crippen LogP contribution in [0.5, 0.6) is 0 Å². The molecule has 0 fully saturated rings. The fraction of sp³-hybridized carbons (Fsp3) is 0. The minimum absolute atomic E-state index is 0.167. The van der Waals surface area contributed by atoms with Gasteiger partial charge in [0.1, 0.15) is 5.82 Å². The van der Waals surface area contributed by atoms with E-state index in [4.69, 9.17) is 17.3 Å². The molecule has 1 heterocycles. The lowest BCUT2D eigenvalue weighted by molar-refractivity contribution is -0.385. The van der Waals surface area contributed by atoms with E-state index in [9.17, 15) is 10.1 Å². The van der Waals surface area contributed by atoms with E-state index in [2.05, 4.69) is 4.98 Å². The number of anilines is 1. The van der Waals surface area contributed by atoms with Crippen LogP contribution in [0, 0.1) is 10.1 Å². The summed E-state index contributed by atoms with van der Waals surface area (Å²) in [5.74, 6) is 0.167. The van der Waals surface area contributed by atoms with Gasteiger partial charge in [0.15, 0.2) is 0 Å². The topological polar surface area (TPSA) is 82.0 Å². The van der Waals surface area contributed by atoms with E-state index >= 15 is 0 Å². The Morgan fingerprint density at radius 2 is 2.27 bits per heavy atom. The largest absolute Gasteiger partial charge is 0.384 e. The van der Waals surface area contributed by atoms with Crippen molar-refractivity contribution < 1.29 is 4.92 Å². The molecule has 0 aliphatic heterocycles. The van der Waals surface area contributed by atoms with Crippen LogP contribution in [0.25, 0.3) is 0 Å². The van der Waals surface area contributed by atoms with Gasteiger partial charge in [-0.3, -0.25) is 10.1 Å². The van der Waals surface area contributed by atoms with Crippen LogP contribution in [0.1, 0.15) is 0 Å². The molecule has 1 rings (SSSR count). The number of pyridine rings is 1. The third-order valence-corrected chi connectivity index (χ3v) is 1.33. The second kappa shape index (κ2) is 2.71. The molecule has 1 aromatic rings. The first kappa shape index (κ1) is 7.74. The molecule has 0 saturated carbocycles. The Bertz CT molecular complexity index is 302. The molecule has 1 aromatic heterocycles. The molecule has 11 heavy (non-hydrogen) atoms. The maximum absolute atomic E-state index is 10.2. The summed E-state index contributed by atoms with van der Waals surface area (Å²) in [6.45, 7) is 0. The van der Waals surface area contributed by atoms with Gasteiger partial charge in [-0.1, -0.05) is 11.6 Å². The number of nitrogen functional groups attached to an aromatic ring is 1. The normalized spacial score (nSPS) is 9.55. The van der Waals surface area contributed by atoms with Gasteiger partial charge in [0, 0.05) is 6.07 Å². The highest BCUT2D eigenvalue weighted by atomic mass is 35.5. The molecule has 0 aliphatic carbocycles. The summed E-state index contributed by atoms with van der Waals surface area (Å²) in [6, 6.07) is 2.54. The van der Waals surface area contributed by atoms with E-state index in [1.807, 2.05) is 0 Å². The van der Waals surface area contributed by atoms with Gasteiger partial charge in [-0.05, 0) is 6.07 Å². The maximum Gasteiger partial charge on any atom is 0.306 e. The van der Waals surface area contributed by atoms with Crippen molar-refractivity contribution in [1.82, 2.24) is 4.98 Å². The lowest BCUT2D eigenvalue weighted by atomic mass is 10.4. The molecule has 0 radical (unpaired) electrons. The van der Waals surface area contributed by atoms with Crippen molar-refractivity contribution in [3.8, 4) is 0 Å². The number of nitrogens with zero attached hydrogens (tertiary/aromatic N) is 2. The van der Waals surface area contributed by atoms with Crippen molar-refractivity contribution in [3.63, 3.8) is 0 Å². The van der Waals surface area contributed by atoms with Gasteiger partial charge >= 0.3 is 5.69 Å². The predicted molar refractivity (Wildman–Crippen MR) is 40.3 cm³/mol. The van der Waals surface area contributed by atoms with E-state index in [1.54, 1.807) is 0 Å². The molecule has 6 heteroatoms. The summed E-state index contributed by atoms with van der Waals surface area (Å²) in [5, 5.41) is 9.99. The summed E-state index contributed by atoms with van der Waals surface area (Å²) in [4.78, 5) is 13.1. The second-order valence-corrected chi connectivity index (χ2v) is 2.16. The van der Waals surface area contributed by atoms with E-state index in [0.29, 0.717) is 0 Å². The molecule has 0 spiro atoms. The van der Waals surface area contributed by atoms with E-state index in [-0.39, 0.29) is 16.7 Å². The van der Waals surface area contributed by atoms with Crippen LogP contribution in [0.2, 0.25) is 5.15 Å². The quantitative estimate of drug-likeness (QED) is 0.393. The lowest BCUT2D eigenvalue weighted by Crippen LogP contribution is -1.94. The zero-order valence-electron chi connectivity index (χ0n) is 5.32. The number of nitrogens with two attached hydrogens (primary N) is 1. The van der Waals surface area contributed by atoms with Gasteiger partial charge in [0.2, 0.25) is 5.15 Å². The Balaban J connectivity index is 3.20. The Morgan fingerprint density at radius 3 is 2.73 bits per heavy atom. The molecule has 58 valence electrons. The third-order valence-electron chi connectivity index (χ3n) is 1.05. The lowest BCUT2D eigenvalue weighted by Gasteiger charge is -1.94. The van der Waals surface area contributed by atoms with Gasteiger partial charge in [0.25, 0.3) is 0 Å². The summed E-state index contributed by atoms with van der Waals surface area (Å²) in [6.07, 6.45) is 0. The fourth-order valence-electron chi connectivity index (χ4n) is 0.577. The Hall–Kier alpha value is -1.36. The number of halogens is 1. The first-order valence-electron chi connectivity index (χ1n) is 2.67. The number of nitro groups is 1. The maximum atomic E-state index is 10.2. The van der Waals surface area contributed by atoms with Gasteiger partial charge in [0.05, 0.1) is 4.92 Å². The standard InChI is InChI=1S/C5H4ClN3O2/c6-5-3(9(10)11)1-2-4(7)8-5/h1-2H,(H2,7,8). The van der Waals surface area contributed by atoms with E-state index in [1.165, 1.54) is 12.1 Å². The van der Waals surface area contributed by atoms with Crippen molar-refractivity contribution in [2.45, 2.75) is 0 Å². The molecule has 0 aromatic carbocycles. The number of aromatic nitrogens is 1. The highest BCUT2D eigenvalue weighted by Crippen LogP contribution is 2.21. The van der Waals surface area contributed by atoms with Gasteiger partial charge in [-0.25, -0.2) is 4.98 Å².